The van der Waals surface area contributed by atoms with Gasteiger partial charge in [0.2, 0.25) is 5.91 Å². The highest BCUT2D eigenvalue weighted by atomic mass is 35.5. The summed E-state index contributed by atoms with van der Waals surface area (Å²) in [7, 11) is 0. The van der Waals surface area contributed by atoms with Gasteiger partial charge in [-0.25, -0.2) is 0 Å². The highest BCUT2D eigenvalue weighted by Gasteiger charge is 2.30. The van der Waals surface area contributed by atoms with Gasteiger partial charge in [-0.15, -0.1) is 0 Å². The first-order valence-electron chi connectivity index (χ1n) is 9.28. The van der Waals surface area contributed by atoms with Crippen LogP contribution in [0.3, 0.4) is 0 Å². The van der Waals surface area contributed by atoms with E-state index < -0.39 is 0 Å². The van der Waals surface area contributed by atoms with Crippen LogP contribution in [-0.2, 0) is 4.79 Å². The Balaban J connectivity index is 1.54. The summed E-state index contributed by atoms with van der Waals surface area (Å²) in [6.07, 6.45) is 0. The maximum Gasteiger partial charge on any atom is 0.245 e. The zero-order valence-electron chi connectivity index (χ0n) is 15.6. The number of hydrogen-bond acceptors (Lipinski definition) is 3. The number of anilines is 1. The highest BCUT2D eigenvalue weighted by Crippen LogP contribution is 2.29. The lowest BCUT2D eigenvalue weighted by Crippen LogP contribution is -2.29. The molecule has 1 unspecified atom stereocenters. The lowest BCUT2D eigenvalue weighted by Gasteiger charge is -2.16. The molecule has 1 N–H and O–H groups in total. The van der Waals surface area contributed by atoms with E-state index in [9.17, 15) is 4.79 Å². The summed E-state index contributed by atoms with van der Waals surface area (Å²) in [6.45, 7) is 0.790. The molecule has 1 aliphatic heterocycles. The third-order valence-corrected chi connectivity index (χ3v) is 5.24. The fraction of sp³-hybridized carbons (Fsp3) is 0.130. The molecule has 6 heteroatoms. The van der Waals surface area contributed by atoms with E-state index >= 15 is 0 Å². The molecule has 0 aliphatic carbocycles. The number of halogens is 2. The quantitative estimate of drug-likeness (QED) is 0.593. The van der Waals surface area contributed by atoms with Gasteiger partial charge in [-0.05, 0) is 41.5 Å². The van der Waals surface area contributed by atoms with E-state index in [1.54, 1.807) is 18.2 Å². The summed E-state index contributed by atoms with van der Waals surface area (Å²) in [5, 5.41) is 10.7. The fourth-order valence-electron chi connectivity index (χ4n) is 3.42. The van der Waals surface area contributed by atoms with Crippen molar-refractivity contribution >= 4 is 40.5 Å². The molecular formula is C23H19Cl2N3O. The van der Waals surface area contributed by atoms with Gasteiger partial charge in [-0.1, -0.05) is 71.7 Å². The van der Waals surface area contributed by atoms with Crippen molar-refractivity contribution < 1.29 is 4.79 Å². The monoisotopic (exact) mass is 423 g/mol. The van der Waals surface area contributed by atoms with Gasteiger partial charge >= 0.3 is 0 Å². The lowest BCUT2D eigenvalue weighted by molar-refractivity contribution is -0.117. The van der Waals surface area contributed by atoms with Gasteiger partial charge in [0.15, 0.2) is 0 Å². The topological polar surface area (TPSA) is 44.7 Å². The summed E-state index contributed by atoms with van der Waals surface area (Å²) >= 11 is 12.0. The normalized spacial score (nSPS) is 15.9. The SMILES string of the molecule is O=C(CN1CC(c2ccccc2)C(c2ccc(Cl)cc2)=N1)Nc1cccc(Cl)c1. The van der Waals surface area contributed by atoms with Gasteiger partial charge in [0.05, 0.1) is 5.71 Å². The molecule has 4 nitrogen and oxygen atoms in total. The molecule has 0 spiro atoms. The number of carbonyl (C=O) groups excluding carboxylic acids is 1. The number of benzene rings is 3. The van der Waals surface area contributed by atoms with Crippen LogP contribution in [0.2, 0.25) is 10.0 Å². The van der Waals surface area contributed by atoms with E-state index in [4.69, 9.17) is 28.3 Å². The second-order valence-electron chi connectivity index (χ2n) is 6.86. The van der Waals surface area contributed by atoms with Gasteiger partial charge in [0.25, 0.3) is 0 Å². The maximum atomic E-state index is 12.5. The van der Waals surface area contributed by atoms with Crippen LogP contribution in [0.1, 0.15) is 17.0 Å². The van der Waals surface area contributed by atoms with Crippen molar-refractivity contribution in [1.82, 2.24) is 5.01 Å². The molecule has 0 aromatic heterocycles. The van der Waals surface area contributed by atoms with Gasteiger partial charge in [-0.3, -0.25) is 9.80 Å². The summed E-state index contributed by atoms with van der Waals surface area (Å²) < 4.78 is 0. The van der Waals surface area contributed by atoms with Crippen molar-refractivity contribution in [2.24, 2.45) is 5.10 Å². The number of nitrogens with one attached hydrogen (secondary N) is 1. The average Bonchev–Trinajstić information content (AvgIpc) is 3.13. The Bertz CT molecular complexity index is 1040. The predicted molar refractivity (Wildman–Crippen MR) is 119 cm³/mol. The number of rotatable bonds is 5. The number of amides is 1. The van der Waals surface area contributed by atoms with E-state index in [1.165, 1.54) is 5.56 Å². The van der Waals surface area contributed by atoms with Crippen LogP contribution in [-0.4, -0.2) is 29.7 Å². The molecule has 1 atom stereocenters. The molecule has 29 heavy (non-hydrogen) atoms. The first-order chi connectivity index (χ1) is 14.1. The fourth-order valence-corrected chi connectivity index (χ4v) is 3.74. The Morgan fingerprint density at radius 1 is 0.966 bits per heavy atom. The van der Waals surface area contributed by atoms with Gasteiger partial charge < -0.3 is 5.32 Å². The van der Waals surface area contributed by atoms with Crippen molar-refractivity contribution in [3.05, 3.63) is 100 Å². The first kappa shape index (κ1) is 19.5. The van der Waals surface area contributed by atoms with Crippen LogP contribution in [0, 0.1) is 0 Å². The molecular weight excluding hydrogens is 405 g/mol. The minimum absolute atomic E-state index is 0.0799. The summed E-state index contributed by atoms with van der Waals surface area (Å²) in [5.74, 6) is -0.0588. The highest BCUT2D eigenvalue weighted by molar-refractivity contribution is 6.31. The van der Waals surface area contributed by atoms with Gasteiger partial charge in [-0.2, -0.15) is 5.10 Å². The molecule has 0 fully saturated rings. The van der Waals surface area contributed by atoms with Gasteiger partial charge in [0, 0.05) is 28.2 Å². The van der Waals surface area contributed by atoms with Crippen LogP contribution < -0.4 is 5.32 Å². The van der Waals surface area contributed by atoms with Crippen molar-refractivity contribution in [2.45, 2.75) is 5.92 Å². The van der Waals surface area contributed by atoms with Gasteiger partial charge in [0.1, 0.15) is 6.54 Å². The molecule has 0 bridgehead atoms. The molecule has 0 saturated heterocycles. The van der Waals surface area contributed by atoms with E-state index in [-0.39, 0.29) is 18.4 Å². The van der Waals surface area contributed by atoms with E-state index in [1.807, 2.05) is 53.5 Å². The third-order valence-electron chi connectivity index (χ3n) is 4.75. The van der Waals surface area contributed by atoms with Crippen LogP contribution in [0.4, 0.5) is 5.69 Å². The Labute approximate surface area is 179 Å². The second kappa shape index (κ2) is 8.68. The van der Waals surface area contributed by atoms with Crippen molar-refractivity contribution in [3.8, 4) is 0 Å². The number of nitrogens with zero attached hydrogens (tertiary/aromatic N) is 2. The molecule has 1 aliphatic rings. The minimum Gasteiger partial charge on any atom is -0.324 e. The van der Waals surface area contributed by atoms with E-state index in [2.05, 4.69) is 17.4 Å². The zero-order valence-corrected chi connectivity index (χ0v) is 17.1. The number of carbonyl (C=O) groups is 1. The van der Waals surface area contributed by atoms with Crippen molar-refractivity contribution in [3.63, 3.8) is 0 Å². The standard InChI is InChI=1S/C23H19Cl2N3O/c24-18-11-9-17(10-12-18)23-21(16-5-2-1-3-6-16)14-28(27-23)15-22(29)26-20-8-4-7-19(25)13-20/h1-13,21H,14-15H2,(H,26,29). The largest absolute Gasteiger partial charge is 0.324 e. The van der Waals surface area contributed by atoms with E-state index in [0.29, 0.717) is 22.3 Å². The molecule has 4 rings (SSSR count). The zero-order chi connectivity index (χ0) is 20.2. The number of hydrogen-bond donors (Lipinski definition) is 1. The lowest BCUT2D eigenvalue weighted by atomic mass is 9.91. The second-order valence-corrected chi connectivity index (χ2v) is 7.73. The molecule has 1 heterocycles. The smallest absolute Gasteiger partial charge is 0.245 e. The van der Waals surface area contributed by atoms with Crippen LogP contribution in [0.15, 0.2) is 84.0 Å². The molecule has 146 valence electrons. The summed E-state index contributed by atoms with van der Waals surface area (Å²) in [6, 6.07) is 24.9. The molecule has 3 aromatic carbocycles. The predicted octanol–water partition coefficient (Wildman–Crippen LogP) is 5.44. The first-order valence-corrected chi connectivity index (χ1v) is 10.0. The van der Waals surface area contributed by atoms with Crippen molar-refractivity contribution in [2.75, 3.05) is 18.4 Å². The van der Waals surface area contributed by atoms with Crippen LogP contribution in [0.5, 0.6) is 0 Å². The van der Waals surface area contributed by atoms with Crippen molar-refractivity contribution in [1.29, 1.82) is 0 Å². The molecule has 0 saturated carbocycles. The Morgan fingerprint density at radius 2 is 1.72 bits per heavy atom. The van der Waals surface area contributed by atoms with Crippen LogP contribution in [0.25, 0.3) is 0 Å². The third kappa shape index (κ3) is 4.78. The molecule has 1 amide bonds. The summed E-state index contributed by atoms with van der Waals surface area (Å²) in [5.41, 5.74) is 3.77. The molecule has 0 radical (unpaired) electrons. The Morgan fingerprint density at radius 3 is 2.45 bits per heavy atom. The minimum atomic E-state index is -0.139. The average molecular weight is 424 g/mol. The molecule has 3 aromatic rings. The summed E-state index contributed by atoms with van der Waals surface area (Å²) in [4.78, 5) is 12.5. The maximum absolute atomic E-state index is 12.5. The Hall–Kier alpha value is -2.82. The number of hydrazone groups is 1. The Kier molecular flexibility index (Phi) is 5.84. The van der Waals surface area contributed by atoms with E-state index in [0.717, 1.165) is 11.3 Å². The van der Waals surface area contributed by atoms with Crippen LogP contribution >= 0.6 is 23.2 Å².